The molecule has 1 atom stereocenters. The average molecular weight is 279 g/mol. The first-order chi connectivity index (χ1) is 7.69. The van der Waals surface area contributed by atoms with Gasteiger partial charge in [-0.05, 0) is 35.9 Å². The van der Waals surface area contributed by atoms with Crippen molar-refractivity contribution in [1.82, 2.24) is 5.43 Å². The van der Waals surface area contributed by atoms with Crippen LogP contribution in [0, 0.1) is 0 Å². The van der Waals surface area contributed by atoms with Crippen LogP contribution >= 0.6 is 35.0 Å². The van der Waals surface area contributed by atoms with Gasteiger partial charge in [0.05, 0.1) is 6.04 Å². The van der Waals surface area contributed by atoms with Gasteiger partial charge < -0.3 is 0 Å². The summed E-state index contributed by atoms with van der Waals surface area (Å²) in [5.41, 5.74) is 3.74. The number of thioether (sulfide) groups is 1. The minimum Gasteiger partial charge on any atom is -0.271 e. The molecule has 0 heterocycles. The quantitative estimate of drug-likeness (QED) is 0.474. The SMILES string of the molecule is CCCSCC(NN)c1cc(Cl)ccc1Cl. The second kappa shape index (κ2) is 7.41. The lowest BCUT2D eigenvalue weighted by atomic mass is 10.1. The molecule has 0 radical (unpaired) electrons. The van der Waals surface area contributed by atoms with Crippen LogP contribution in [-0.4, -0.2) is 11.5 Å². The Bertz CT molecular complexity index is 334. The van der Waals surface area contributed by atoms with Gasteiger partial charge in [-0.1, -0.05) is 30.1 Å². The first-order valence-corrected chi connectivity index (χ1v) is 7.09. The van der Waals surface area contributed by atoms with Crippen LogP contribution in [0.3, 0.4) is 0 Å². The van der Waals surface area contributed by atoms with Crippen molar-refractivity contribution < 1.29 is 0 Å². The van der Waals surface area contributed by atoms with Gasteiger partial charge in [-0.3, -0.25) is 11.3 Å². The number of rotatable bonds is 6. The molecule has 5 heteroatoms. The molecule has 0 fully saturated rings. The minimum atomic E-state index is 0.0442. The monoisotopic (exact) mass is 278 g/mol. The van der Waals surface area contributed by atoms with Crippen molar-refractivity contribution in [2.45, 2.75) is 19.4 Å². The maximum absolute atomic E-state index is 6.12. The third-order valence-corrected chi connectivity index (χ3v) is 4.01. The first kappa shape index (κ1) is 14.1. The summed E-state index contributed by atoms with van der Waals surface area (Å²) in [4.78, 5) is 0. The van der Waals surface area contributed by atoms with Gasteiger partial charge in [-0.25, -0.2) is 0 Å². The summed E-state index contributed by atoms with van der Waals surface area (Å²) < 4.78 is 0. The number of nitrogens with one attached hydrogen (secondary N) is 1. The van der Waals surface area contributed by atoms with Crippen molar-refractivity contribution in [1.29, 1.82) is 0 Å². The Morgan fingerprint density at radius 3 is 2.81 bits per heavy atom. The summed E-state index contributed by atoms with van der Waals surface area (Å²) >= 11 is 13.9. The zero-order chi connectivity index (χ0) is 12.0. The molecule has 1 aromatic rings. The molecule has 16 heavy (non-hydrogen) atoms. The largest absolute Gasteiger partial charge is 0.271 e. The van der Waals surface area contributed by atoms with E-state index in [0.717, 1.165) is 23.5 Å². The summed E-state index contributed by atoms with van der Waals surface area (Å²) in [7, 11) is 0. The molecule has 0 aliphatic carbocycles. The van der Waals surface area contributed by atoms with Crippen molar-refractivity contribution in [2.75, 3.05) is 11.5 Å². The Morgan fingerprint density at radius 2 is 2.19 bits per heavy atom. The fourth-order valence-electron chi connectivity index (χ4n) is 1.35. The zero-order valence-electron chi connectivity index (χ0n) is 9.17. The van der Waals surface area contributed by atoms with Crippen LogP contribution in [0.5, 0.6) is 0 Å². The second-order valence-corrected chi connectivity index (χ2v) is 5.45. The first-order valence-electron chi connectivity index (χ1n) is 5.17. The molecule has 3 N–H and O–H groups in total. The van der Waals surface area contributed by atoms with Crippen LogP contribution in [0.2, 0.25) is 10.0 Å². The van der Waals surface area contributed by atoms with Gasteiger partial charge in [0.25, 0.3) is 0 Å². The fourth-order valence-corrected chi connectivity index (χ4v) is 2.75. The fraction of sp³-hybridized carbons (Fsp3) is 0.455. The molecule has 0 saturated carbocycles. The Labute approximate surface area is 111 Å². The summed E-state index contributed by atoms with van der Waals surface area (Å²) in [6.45, 7) is 2.16. The predicted molar refractivity (Wildman–Crippen MR) is 74.1 cm³/mol. The van der Waals surface area contributed by atoms with E-state index in [4.69, 9.17) is 29.0 Å². The number of nitrogens with two attached hydrogens (primary N) is 1. The number of hydrazine groups is 1. The highest BCUT2D eigenvalue weighted by Crippen LogP contribution is 2.28. The third-order valence-electron chi connectivity index (χ3n) is 2.17. The van der Waals surface area contributed by atoms with Crippen molar-refractivity contribution >= 4 is 35.0 Å². The Hall–Kier alpha value is 0.0700. The van der Waals surface area contributed by atoms with Crippen molar-refractivity contribution in [3.63, 3.8) is 0 Å². The molecule has 0 aliphatic rings. The van der Waals surface area contributed by atoms with E-state index in [-0.39, 0.29) is 6.04 Å². The molecular formula is C11H16Cl2N2S. The summed E-state index contributed by atoms with van der Waals surface area (Å²) in [5, 5.41) is 1.38. The molecule has 0 aliphatic heterocycles. The van der Waals surface area contributed by atoms with Crippen LogP contribution in [0.15, 0.2) is 18.2 Å². The maximum Gasteiger partial charge on any atom is 0.0565 e. The topological polar surface area (TPSA) is 38.0 Å². The molecule has 0 amide bonds. The summed E-state index contributed by atoms with van der Waals surface area (Å²) in [6.07, 6.45) is 1.16. The second-order valence-electron chi connectivity index (χ2n) is 3.46. The van der Waals surface area contributed by atoms with Gasteiger partial charge in [-0.15, -0.1) is 0 Å². The lowest BCUT2D eigenvalue weighted by Gasteiger charge is -2.17. The Kier molecular flexibility index (Phi) is 6.54. The van der Waals surface area contributed by atoms with E-state index >= 15 is 0 Å². The van der Waals surface area contributed by atoms with Crippen molar-refractivity contribution in [2.24, 2.45) is 5.84 Å². The van der Waals surface area contributed by atoms with Gasteiger partial charge in [0.15, 0.2) is 0 Å². The van der Waals surface area contributed by atoms with E-state index in [9.17, 15) is 0 Å². The van der Waals surface area contributed by atoms with Gasteiger partial charge in [0.1, 0.15) is 0 Å². The van der Waals surface area contributed by atoms with Crippen LogP contribution in [-0.2, 0) is 0 Å². The molecule has 0 aromatic heterocycles. The molecule has 2 nitrogen and oxygen atoms in total. The predicted octanol–water partition coefficient (Wildman–Crippen LogP) is 3.64. The number of hydrogen-bond acceptors (Lipinski definition) is 3. The van der Waals surface area contributed by atoms with Crippen molar-refractivity contribution in [3.8, 4) is 0 Å². The smallest absolute Gasteiger partial charge is 0.0565 e. The molecule has 1 unspecified atom stereocenters. The Balaban J connectivity index is 2.73. The van der Waals surface area contributed by atoms with Gasteiger partial charge in [-0.2, -0.15) is 11.8 Å². The number of halogens is 2. The van der Waals surface area contributed by atoms with E-state index < -0.39 is 0 Å². The van der Waals surface area contributed by atoms with Gasteiger partial charge in [0, 0.05) is 15.8 Å². The minimum absolute atomic E-state index is 0.0442. The van der Waals surface area contributed by atoms with Crippen molar-refractivity contribution in [3.05, 3.63) is 33.8 Å². The number of benzene rings is 1. The van der Waals surface area contributed by atoms with Gasteiger partial charge in [0.2, 0.25) is 0 Å². The molecule has 1 rings (SSSR count). The Morgan fingerprint density at radius 1 is 1.44 bits per heavy atom. The summed E-state index contributed by atoms with van der Waals surface area (Å²) in [6, 6.07) is 5.48. The highest BCUT2D eigenvalue weighted by Gasteiger charge is 2.13. The highest BCUT2D eigenvalue weighted by molar-refractivity contribution is 7.99. The lowest BCUT2D eigenvalue weighted by Crippen LogP contribution is -2.30. The normalized spacial score (nSPS) is 12.8. The van der Waals surface area contributed by atoms with Crippen LogP contribution < -0.4 is 11.3 Å². The molecular weight excluding hydrogens is 263 g/mol. The standard InChI is InChI=1S/C11H16Cl2N2S/c1-2-5-16-7-11(15-14)9-6-8(12)3-4-10(9)13/h3-4,6,11,15H,2,5,7,14H2,1H3. The van der Waals surface area contributed by atoms with E-state index in [1.54, 1.807) is 12.1 Å². The van der Waals surface area contributed by atoms with E-state index in [1.165, 1.54) is 0 Å². The van der Waals surface area contributed by atoms with E-state index in [2.05, 4.69) is 12.3 Å². The van der Waals surface area contributed by atoms with Gasteiger partial charge >= 0.3 is 0 Å². The lowest BCUT2D eigenvalue weighted by molar-refractivity contribution is 0.611. The van der Waals surface area contributed by atoms with Crippen LogP contribution in [0.4, 0.5) is 0 Å². The molecule has 0 bridgehead atoms. The molecule has 90 valence electrons. The van der Waals surface area contributed by atoms with Crippen LogP contribution in [0.25, 0.3) is 0 Å². The molecule has 0 saturated heterocycles. The number of hydrogen-bond donors (Lipinski definition) is 2. The van der Waals surface area contributed by atoms with E-state index in [0.29, 0.717) is 10.0 Å². The highest BCUT2D eigenvalue weighted by atomic mass is 35.5. The molecule has 0 spiro atoms. The zero-order valence-corrected chi connectivity index (χ0v) is 11.5. The maximum atomic E-state index is 6.12. The average Bonchev–Trinajstić information content (AvgIpc) is 2.28. The molecule has 1 aromatic carbocycles. The van der Waals surface area contributed by atoms with Crippen LogP contribution in [0.1, 0.15) is 24.9 Å². The summed E-state index contributed by atoms with van der Waals surface area (Å²) in [5.74, 6) is 7.56. The van der Waals surface area contributed by atoms with E-state index in [1.807, 2.05) is 17.8 Å². The third kappa shape index (κ3) is 4.15.